The average molecular weight is 241 g/mol. The van der Waals surface area contributed by atoms with Gasteiger partial charge in [0.1, 0.15) is 5.78 Å². The molecule has 0 aliphatic carbocycles. The van der Waals surface area contributed by atoms with Crippen LogP contribution in [0.25, 0.3) is 0 Å². The molecule has 0 spiro atoms. The molecule has 0 aliphatic rings. The Hall–Kier alpha value is -0.700. The highest BCUT2D eigenvalue weighted by atomic mass is 16.5. The largest absolute Gasteiger partial charge is 0.383 e. The number of rotatable bonds is 5. The van der Waals surface area contributed by atoms with Gasteiger partial charge in [-0.1, -0.05) is 41.5 Å². The summed E-state index contributed by atoms with van der Waals surface area (Å²) < 4.78 is 4.99. The van der Waals surface area contributed by atoms with Crippen molar-refractivity contribution in [1.29, 1.82) is 0 Å². The zero-order valence-electron chi connectivity index (χ0n) is 12.4. The van der Waals surface area contributed by atoms with E-state index in [9.17, 15) is 4.79 Å². The second-order valence-corrected chi connectivity index (χ2v) is 6.42. The molecular weight excluding hydrogens is 214 g/mol. The lowest BCUT2D eigenvalue weighted by molar-refractivity contribution is -0.125. The Bertz CT molecular complexity index is 280. The highest BCUT2D eigenvalue weighted by Gasteiger charge is 2.27. The normalized spacial score (nSPS) is 13.9. The third-order valence-corrected chi connectivity index (χ3v) is 2.63. The van der Waals surface area contributed by atoms with Crippen LogP contribution in [0.15, 0.2) is 4.99 Å². The summed E-state index contributed by atoms with van der Waals surface area (Å²) in [4.78, 5) is 16.6. The van der Waals surface area contributed by atoms with E-state index in [1.54, 1.807) is 7.11 Å². The van der Waals surface area contributed by atoms with Gasteiger partial charge in [-0.2, -0.15) is 0 Å². The van der Waals surface area contributed by atoms with E-state index in [1.165, 1.54) is 0 Å². The number of methoxy groups -OCH3 is 1. The number of hydrogen-bond donors (Lipinski definition) is 0. The van der Waals surface area contributed by atoms with Crippen molar-refractivity contribution in [2.24, 2.45) is 15.8 Å². The van der Waals surface area contributed by atoms with Gasteiger partial charge in [-0.05, 0) is 0 Å². The number of hydrogen-bond acceptors (Lipinski definition) is 3. The Morgan fingerprint density at radius 2 is 1.59 bits per heavy atom. The second kappa shape index (κ2) is 6.29. The van der Waals surface area contributed by atoms with Crippen molar-refractivity contribution in [3.63, 3.8) is 0 Å². The first-order valence-corrected chi connectivity index (χ1v) is 6.15. The number of ketones is 1. The van der Waals surface area contributed by atoms with Crippen molar-refractivity contribution in [3.05, 3.63) is 0 Å². The van der Waals surface area contributed by atoms with Crippen molar-refractivity contribution >= 4 is 11.5 Å². The maximum absolute atomic E-state index is 12.0. The van der Waals surface area contributed by atoms with Crippen LogP contribution in [-0.4, -0.2) is 31.8 Å². The van der Waals surface area contributed by atoms with Crippen LogP contribution in [0.3, 0.4) is 0 Å². The van der Waals surface area contributed by atoms with Gasteiger partial charge in [0, 0.05) is 30.1 Å². The van der Waals surface area contributed by atoms with E-state index in [1.807, 2.05) is 20.8 Å². The molecular formula is C14H27NO2. The highest BCUT2D eigenvalue weighted by molar-refractivity contribution is 6.06. The molecule has 0 rings (SSSR count). The van der Waals surface area contributed by atoms with Gasteiger partial charge in [0.25, 0.3) is 0 Å². The molecule has 3 nitrogen and oxygen atoms in total. The maximum Gasteiger partial charge on any atom is 0.143 e. The van der Waals surface area contributed by atoms with Crippen molar-refractivity contribution in [1.82, 2.24) is 0 Å². The van der Waals surface area contributed by atoms with E-state index >= 15 is 0 Å². The van der Waals surface area contributed by atoms with Gasteiger partial charge < -0.3 is 4.74 Å². The number of ether oxygens (including phenoxy) is 1. The predicted octanol–water partition coefficient (Wildman–Crippen LogP) is 3.13. The Labute approximate surface area is 106 Å². The molecule has 0 saturated carbocycles. The standard InChI is InChI=1S/C14H27NO2/c1-13(2,3)11(15-8-9-17-7)10-12(16)14(4,5)6/h8-10H2,1-7H3. The number of Topliss-reactive ketones (excluding diaryl/α,β-unsaturated/α-hetero) is 1. The number of aliphatic imine (C=N–C) groups is 1. The Morgan fingerprint density at radius 3 is 1.94 bits per heavy atom. The lowest BCUT2D eigenvalue weighted by atomic mass is 9.81. The van der Waals surface area contributed by atoms with E-state index in [4.69, 9.17) is 4.74 Å². The van der Waals surface area contributed by atoms with E-state index in [-0.39, 0.29) is 16.6 Å². The summed E-state index contributed by atoms with van der Waals surface area (Å²) in [5, 5.41) is 0. The topological polar surface area (TPSA) is 38.7 Å². The lowest BCUT2D eigenvalue weighted by Gasteiger charge is -2.24. The molecule has 0 radical (unpaired) electrons. The molecule has 0 heterocycles. The van der Waals surface area contributed by atoms with Crippen molar-refractivity contribution in [2.75, 3.05) is 20.3 Å². The molecule has 0 aromatic carbocycles. The molecule has 0 aliphatic heterocycles. The molecule has 0 bridgehead atoms. The van der Waals surface area contributed by atoms with Gasteiger partial charge in [0.15, 0.2) is 0 Å². The summed E-state index contributed by atoms with van der Waals surface area (Å²) in [5.74, 6) is 0.239. The number of carbonyl (C=O) groups excluding carboxylic acids is 1. The summed E-state index contributed by atoms with van der Waals surface area (Å²) in [6, 6.07) is 0. The molecule has 0 aromatic rings. The van der Waals surface area contributed by atoms with Crippen LogP contribution < -0.4 is 0 Å². The molecule has 0 saturated heterocycles. The van der Waals surface area contributed by atoms with Gasteiger partial charge in [0.2, 0.25) is 0 Å². The van der Waals surface area contributed by atoms with Crippen LogP contribution in [0.5, 0.6) is 0 Å². The number of nitrogens with zero attached hydrogens (tertiary/aromatic N) is 1. The van der Waals surface area contributed by atoms with Gasteiger partial charge in [-0.25, -0.2) is 0 Å². The van der Waals surface area contributed by atoms with Crippen molar-refractivity contribution in [3.8, 4) is 0 Å². The summed E-state index contributed by atoms with van der Waals surface area (Å²) >= 11 is 0. The summed E-state index contributed by atoms with van der Waals surface area (Å²) in [7, 11) is 1.66. The third-order valence-electron chi connectivity index (χ3n) is 2.63. The molecule has 100 valence electrons. The second-order valence-electron chi connectivity index (χ2n) is 6.42. The maximum atomic E-state index is 12.0. The fraction of sp³-hybridized carbons (Fsp3) is 0.857. The molecule has 0 amide bonds. The Balaban J connectivity index is 4.74. The Morgan fingerprint density at radius 1 is 1.06 bits per heavy atom. The highest BCUT2D eigenvalue weighted by Crippen LogP contribution is 2.24. The van der Waals surface area contributed by atoms with Crippen LogP contribution >= 0.6 is 0 Å². The van der Waals surface area contributed by atoms with Gasteiger partial charge in [-0.15, -0.1) is 0 Å². The van der Waals surface area contributed by atoms with Gasteiger partial charge in [0.05, 0.1) is 13.2 Å². The lowest BCUT2D eigenvalue weighted by Crippen LogP contribution is -2.29. The van der Waals surface area contributed by atoms with Crippen LogP contribution in [0, 0.1) is 10.8 Å². The van der Waals surface area contributed by atoms with Gasteiger partial charge in [-0.3, -0.25) is 9.79 Å². The van der Waals surface area contributed by atoms with E-state index in [0.29, 0.717) is 19.6 Å². The third kappa shape index (κ3) is 6.57. The minimum Gasteiger partial charge on any atom is -0.383 e. The minimum absolute atomic E-state index is 0.0609. The predicted molar refractivity (Wildman–Crippen MR) is 72.7 cm³/mol. The SMILES string of the molecule is COCCN=C(CC(=O)C(C)(C)C)C(C)(C)C. The monoisotopic (exact) mass is 241 g/mol. The van der Waals surface area contributed by atoms with Crippen LogP contribution in [0.2, 0.25) is 0 Å². The summed E-state index contributed by atoms with van der Waals surface area (Å²) in [6.45, 7) is 13.3. The number of carbonyl (C=O) groups is 1. The van der Waals surface area contributed by atoms with Crippen molar-refractivity contribution < 1.29 is 9.53 Å². The molecule has 0 N–H and O–H groups in total. The average Bonchev–Trinajstić information content (AvgIpc) is 2.13. The first kappa shape index (κ1) is 16.3. The molecule has 0 atom stereocenters. The quantitative estimate of drug-likeness (QED) is 0.548. The molecule has 0 fully saturated rings. The Kier molecular flexibility index (Phi) is 6.03. The van der Waals surface area contributed by atoms with Crippen LogP contribution in [0.1, 0.15) is 48.0 Å². The summed E-state index contributed by atoms with van der Waals surface area (Å²) in [5.41, 5.74) is 0.608. The molecule has 0 unspecified atom stereocenters. The molecule has 17 heavy (non-hydrogen) atoms. The zero-order valence-corrected chi connectivity index (χ0v) is 12.4. The fourth-order valence-corrected chi connectivity index (χ4v) is 1.25. The smallest absolute Gasteiger partial charge is 0.143 e. The first-order chi connectivity index (χ1) is 7.59. The minimum atomic E-state index is -0.298. The van der Waals surface area contributed by atoms with E-state index in [2.05, 4.69) is 25.8 Å². The van der Waals surface area contributed by atoms with Crippen molar-refractivity contribution in [2.45, 2.75) is 48.0 Å². The molecule has 0 aromatic heterocycles. The van der Waals surface area contributed by atoms with E-state index < -0.39 is 0 Å². The first-order valence-electron chi connectivity index (χ1n) is 6.15. The summed E-state index contributed by atoms with van der Waals surface area (Å²) in [6.07, 6.45) is 0.441. The fourth-order valence-electron chi connectivity index (χ4n) is 1.25. The zero-order chi connectivity index (χ0) is 13.7. The van der Waals surface area contributed by atoms with Gasteiger partial charge >= 0.3 is 0 Å². The van der Waals surface area contributed by atoms with E-state index in [0.717, 1.165) is 5.71 Å². The molecule has 3 heteroatoms. The van der Waals surface area contributed by atoms with Crippen LogP contribution in [0.4, 0.5) is 0 Å². The van der Waals surface area contributed by atoms with Crippen LogP contribution in [-0.2, 0) is 9.53 Å².